The average Bonchev–Trinajstić information content (AvgIpc) is 2.86. The Morgan fingerprint density at radius 1 is 1.60 bits per heavy atom. The number of likely N-dealkylation sites (tertiary alicyclic amines) is 1. The molecule has 2 rings (SSSR count). The topological polar surface area (TPSA) is 71.2 Å². The van der Waals surface area contributed by atoms with Gasteiger partial charge in [-0.05, 0) is 12.8 Å². The smallest absolute Gasteiger partial charge is 0.244 e. The first-order valence-corrected chi connectivity index (χ1v) is 5.04. The number of aliphatic hydroxyl groups excluding tert-OH is 1. The summed E-state index contributed by atoms with van der Waals surface area (Å²) in [5, 5.41) is 13.0. The molecule has 1 N–H and O–H groups in total. The van der Waals surface area contributed by atoms with E-state index < -0.39 is 0 Å². The molecule has 1 aliphatic rings. The molecule has 0 spiro atoms. The third kappa shape index (κ3) is 2.15. The number of carbonyl (C=O) groups excluding carboxylic acids is 1. The van der Waals surface area contributed by atoms with Gasteiger partial charge in [0.25, 0.3) is 0 Å². The van der Waals surface area contributed by atoms with E-state index in [9.17, 15) is 4.79 Å². The standard InChI is InChI=1S/C9H14N4O2/c14-5-8-2-1-3-13(8)9(15)4-12-7-10-6-11-12/h6-8,14H,1-5H2. The molecule has 2 heterocycles. The molecule has 0 bridgehead atoms. The fraction of sp³-hybridized carbons (Fsp3) is 0.667. The number of aliphatic hydroxyl groups is 1. The van der Waals surface area contributed by atoms with Gasteiger partial charge in [-0.2, -0.15) is 5.10 Å². The summed E-state index contributed by atoms with van der Waals surface area (Å²) >= 11 is 0. The molecule has 1 fully saturated rings. The van der Waals surface area contributed by atoms with E-state index in [0.29, 0.717) is 0 Å². The molecule has 1 saturated heterocycles. The molecule has 0 aliphatic carbocycles. The van der Waals surface area contributed by atoms with E-state index in [2.05, 4.69) is 10.1 Å². The third-order valence-corrected chi connectivity index (χ3v) is 2.67. The maximum absolute atomic E-state index is 11.8. The van der Waals surface area contributed by atoms with Gasteiger partial charge in [0, 0.05) is 6.54 Å². The van der Waals surface area contributed by atoms with E-state index in [1.54, 1.807) is 4.90 Å². The summed E-state index contributed by atoms with van der Waals surface area (Å²) in [6.45, 7) is 0.984. The van der Waals surface area contributed by atoms with Crippen molar-refractivity contribution in [2.75, 3.05) is 13.2 Å². The molecular weight excluding hydrogens is 196 g/mol. The molecule has 1 aromatic heterocycles. The van der Waals surface area contributed by atoms with Gasteiger partial charge in [0.05, 0.1) is 12.6 Å². The van der Waals surface area contributed by atoms with E-state index in [-0.39, 0.29) is 25.1 Å². The first-order chi connectivity index (χ1) is 7.31. The Kier molecular flexibility index (Phi) is 2.96. The molecule has 6 heteroatoms. The Labute approximate surface area is 87.5 Å². The van der Waals surface area contributed by atoms with Gasteiger partial charge in [0.15, 0.2) is 0 Å². The lowest BCUT2D eigenvalue weighted by atomic mass is 10.2. The lowest BCUT2D eigenvalue weighted by Gasteiger charge is -2.22. The van der Waals surface area contributed by atoms with Crippen molar-refractivity contribution in [3.8, 4) is 0 Å². The average molecular weight is 210 g/mol. The number of aromatic nitrogens is 3. The summed E-state index contributed by atoms with van der Waals surface area (Å²) in [6.07, 6.45) is 4.77. The molecule has 15 heavy (non-hydrogen) atoms. The molecule has 1 aromatic rings. The number of amides is 1. The minimum Gasteiger partial charge on any atom is -0.394 e. The molecule has 0 radical (unpaired) electrons. The van der Waals surface area contributed by atoms with Crippen molar-refractivity contribution >= 4 is 5.91 Å². The number of rotatable bonds is 3. The molecular formula is C9H14N4O2. The zero-order chi connectivity index (χ0) is 10.7. The maximum atomic E-state index is 11.8. The highest BCUT2D eigenvalue weighted by molar-refractivity contribution is 5.76. The van der Waals surface area contributed by atoms with Gasteiger partial charge in [-0.1, -0.05) is 0 Å². The minimum atomic E-state index is -0.0129. The van der Waals surface area contributed by atoms with Gasteiger partial charge in [-0.25, -0.2) is 9.67 Å². The maximum Gasteiger partial charge on any atom is 0.244 e. The first kappa shape index (κ1) is 10.1. The van der Waals surface area contributed by atoms with E-state index in [0.717, 1.165) is 19.4 Å². The summed E-state index contributed by atoms with van der Waals surface area (Å²) in [6, 6.07) is -0.0129. The Morgan fingerprint density at radius 3 is 3.13 bits per heavy atom. The van der Waals surface area contributed by atoms with Crippen LogP contribution in [0.25, 0.3) is 0 Å². The third-order valence-electron chi connectivity index (χ3n) is 2.67. The van der Waals surface area contributed by atoms with Crippen LogP contribution in [0.15, 0.2) is 12.7 Å². The Balaban J connectivity index is 1.96. The van der Waals surface area contributed by atoms with E-state index in [1.165, 1.54) is 17.3 Å². The Bertz CT molecular complexity index is 325. The number of hydrogen-bond acceptors (Lipinski definition) is 4. The molecule has 0 aromatic carbocycles. The van der Waals surface area contributed by atoms with Gasteiger partial charge < -0.3 is 10.0 Å². The number of nitrogens with zero attached hydrogens (tertiary/aromatic N) is 4. The fourth-order valence-corrected chi connectivity index (χ4v) is 1.90. The van der Waals surface area contributed by atoms with Crippen LogP contribution in [0, 0.1) is 0 Å². The second-order valence-electron chi connectivity index (χ2n) is 3.66. The zero-order valence-electron chi connectivity index (χ0n) is 8.41. The fourth-order valence-electron chi connectivity index (χ4n) is 1.90. The van der Waals surface area contributed by atoms with Gasteiger partial charge in [0.2, 0.25) is 5.91 Å². The lowest BCUT2D eigenvalue weighted by molar-refractivity contribution is -0.133. The molecule has 1 unspecified atom stereocenters. The highest BCUT2D eigenvalue weighted by Gasteiger charge is 2.27. The van der Waals surface area contributed by atoms with E-state index in [4.69, 9.17) is 5.11 Å². The van der Waals surface area contributed by atoms with E-state index in [1.807, 2.05) is 0 Å². The van der Waals surface area contributed by atoms with Crippen LogP contribution >= 0.6 is 0 Å². The number of hydrogen-bond donors (Lipinski definition) is 1. The summed E-state index contributed by atoms with van der Waals surface area (Å²) in [5.41, 5.74) is 0. The SMILES string of the molecule is O=C(Cn1cncn1)N1CCCC1CO. The largest absolute Gasteiger partial charge is 0.394 e. The van der Waals surface area contributed by atoms with Crippen molar-refractivity contribution in [3.63, 3.8) is 0 Å². The molecule has 1 aliphatic heterocycles. The first-order valence-electron chi connectivity index (χ1n) is 5.04. The normalized spacial score (nSPS) is 20.9. The molecule has 6 nitrogen and oxygen atoms in total. The van der Waals surface area contributed by atoms with Crippen molar-refractivity contribution in [2.24, 2.45) is 0 Å². The second kappa shape index (κ2) is 4.39. The predicted octanol–water partition coefficient (Wildman–Crippen LogP) is -0.739. The van der Waals surface area contributed by atoms with Crippen LogP contribution in [-0.2, 0) is 11.3 Å². The molecule has 0 saturated carbocycles. The van der Waals surface area contributed by atoms with Crippen molar-refractivity contribution in [2.45, 2.75) is 25.4 Å². The summed E-state index contributed by atoms with van der Waals surface area (Å²) < 4.78 is 1.50. The van der Waals surface area contributed by atoms with Crippen molar-refractivity contribution < 1.29 is 9.90 Å². The van der Waals surface area contributed by atoms with Crippen LogP contribution < -0.4 is 0 Å². The monoisotopic (exact) mass is 210 g/mol. The second-order valence-corrected chi connectivity index (χ2v) is 3.66. The quantitative estimate of drug-likeness (QED) is 0.713. The predicted molar refractivity (Wildman–Crippen MR) is 51.8 cm³/mol. The summed E-state index contributed by atoms with van der Waals surface area (Å²) in [4.78, 5) is 17.3. The van der Waals surface area contributed by atoms with Gasteiger partial charge in [0.1, 0.15) is 19.2 Å². The molecule has 1 atom stereocenters. The Hall–Kier alpha value is -1.43. The molecule has 82 valence electrons. The van der Waals surface area contributed by atoms with Crippen LogP contribution in [0.3, 0.4) is 0 Å². The zero-order valence-corrected chi connectivity index (χ0v) is 8.41. The van der Waals surface area contributed by atoms with Gasteiger partial charge in [-0.15, -0.1) is 0 Å². The van der Waals surface area contributed by atoms with E-state index >= 15 is 0 Å². The summed E-state index contributed by atoms with van der Waals surface area (Å²) in [5.74, 6) is -0.00273. The van der Waals surface area contributed by atoms with Crippen molar-refractivity contribution in [1.82, 2.24) is 19.7 Å². The summed E-state index contributed by atoms with van der Waals surface area (Å²) in [7, 11) is 0. The molecule has 1 amide bonds. The van der Waals surface area contributed by atoms with Crippen LogP contribution in [0.1, 0.15) is 12.8 Å². The van der Waals surface area contributed by atoms with Crippen molar-refractivity contribution in [1.29, 1.82) is 0 Å². The van der Waals surface area contributed by atoms with Crippen LogP contribution in [0.4, 0.5) is 0 Å². The lowest BCUT2D eigenvalue weighted by Crippen LogP contribution is -2.39. The van der Waals surface area contributed by atoms with Gasteiger partial charge >= 0.3 is 0 Å². The minimum absolute atomic E-state index is 0.00273. The van der Waals surface area contributed by atoms with Gasteiger partial charge in [-0.3, -0.25) is 4.79 Å². The Morgan fingerprint density at radius 2 is 2.47 bits per heavy atom. The highest BCUT2D eigenvalue weighted by atomic mass is 16.3. The van der Waals surface area contributed by atoms with Crippen LogP contribution in [-0.4, -0.2) is 49.9 Å². The number of carbonyl (C=O) groups is 1. The highest BCUT2D eigenvalue weighted by Crippen LogP contribution is 2.16. The van der Waals surface area contributed by atoms with Crippen LogP contribution in [0.2, 0.25) is 0 Å². The van der Waals surface area contributed by atoms with Crippen molar-refractivity contribution in [3.05, 3.63) is 12.7 Å². The van der Waals surface area contributed by atoms with Crippen LogP contribution in [0.5, 0.6) is 0 Å².